The van der Waals surface area contributed by atoms with Gasteiger partial charge in [0.1, 0.15) is 12.1 Å². The average molecular weight is 362 g/mol. The Morgan fingerprint density at radius 2 is 2.35 bits per heavy atom. The summed E-state index contributed by atoms with van der Waals surface area (Å²) in [4.78, 5) is 15.2. The van der Waals surface area contributed by atoms with Crippen molar-refractivity contribution in [3.63, 3.8) is 0 Å². The Kier molecular flexibility index (Phi) is 3.83. The summed E-state index contributed by atoms with van der Waals surface area (Å²) in [7, 11) is 0. The summed E-state index contributed by atoms with van der Waals surface area (Å²) >= 11 is 8.25. The van der Waals surface area contributed by atoms with Gasteiger partial charge in [-0.25, -0.2) is 0 Å². The van der Waals surface area contributed by atoms with Crippen LogP contribution in [0.15, 0.2) is 24.4 Å². The van der Waals surface area contributed by atoms with Gasteiger partial charge in [0.05, 0.1) is 8.59 Å². The van der Waals surface area contributed by atoms with Crippen molar-refractivity contribution >= 4 is 50.9 Å². The minimum Gasteiger partial charge on any atom is -0.482 e. The van der Waals surface area contributed by atoms with Crippen molar-refractivity contribution in [3.05, 3.63) is 33.0 Å². The highest BCUT2D eigenvalue weighted by Gasteiger charge is 2.12. The highest BCUT2D eigenvalue weighted by Crippen LogP contribution is 2.34. The van der Waals surface area contributed by atoms with Crippen LogP contribution in [0.4, 0.5) is 0 Å². The molecule has 0 amide bonds. The Morgan fingerprint density at radius 3 is 3.06 bits per heavy atom. The molecule has 2 aromatic rings. The number of rotatable bonds is 3. The molecule has 1 heterocycles. The molecule has 17 heavy (non-hydrogen) atoms. The number of hydrogen-bond acceptors (Lipinski definition) is 3. The van der Waals surface area contributed by atoms with Crippen LogP contribution in [0, 0.1) is 3.57 Å². The number of aromatic nitrogens is 1. The molecule has 0 aliphatic rings. The molecular weight excluding hydrogens is 352 g/mol. The number of pyridine rings is 1. The van der Waals surface area contributed by atoms with Crippen LogP contribution in [0.2, 0.25) is 5.02 Å². The molecule has 0 N–H and O–H groups in total. The number of nitrogens with zero attached hydrogens (tertiary/aromatic N) is 1. The van der Waals surface area contributed by atoms with Gasteiger partial charge in [-0.2, -0.15) is 0 Å². The second-order valence-corrected chi connectivity index (χ2v) is 5.13. The van der Waals surface area contributed by atoms with Gasteiger partial charge in [0, 0.05) is 11.6 Å². The predicted molar refractivity (Wildman–Crippen MR) is 75.6 cm³/mol. The van der Waals surface area contributed by atoms with E-state index in [9.17, 15) is 4.79 Å². The number of hydrogen-bond donors (Lipinski definition) is 0. The minimum atomic E-state index is -0.0279. The number of benzene rings is 1. The Morgan fingerprint density at radius 1 is 1.59 bits per heavy atom. The van der Waals surface area contributed by atoms with Crippen LogP contribution in [-0.4, -0.2) is 17.4 Å². The van der Waals surface area contributed by atoms with Crippen molar-refractivity contribution in [1.82, 2.24) is 4.98 Å². The molecule has 2 rings (SSSR count). The van der Waals surface area contributed by atoms with Crippen molar-refractivity contribution in [2.24, 2.45) is 0 Å². The summed E-state index contributed by atoms with van der Waals surface area (Å²) in [6.07, 6.45) is 1.68. The van der Waals surface area contributed by atoms with E-state index in [1.165, 1.54) is 6.92 Å². The fraction of sp³-hybridized carbons (Fsp3) is 0.167. The van der Waals surface area contributed by atoms with E-state index in [1.807, 2.05) is 18.2 Å². The molecule has 0 aliphatic carbocycles. The number of ketones is 1. The lowest BCUT2D eigenvalue weighted by Gasteiger charge is -2.10. The van der Waals surface area contributed by atoms with Crippen molar-refractivity contribution < 1.29 is 9.53 Å². The largest absolute Gasteiger partial charge is 0.482 e. The molecule has 0 fully saturated rings. The molecule has 1 aromatic carbocycles. The number of carbonyl (C=O) groups is 1. The molecule has 0 spiro atoms. The van der Waals surface area contributed by atoms with E-state index in [2.05, 4.69) is 27.6 Å². The van der Waals surface area contributed by atoms with E-state index in [-0.39, 0.29) is 12.4 Å². The van der Waals surface area contributed by atoms with E-state index in [0.29, 0.717) is 16.3 Å². The maximum atomic E-state index is 11.0. The van der Waals surface area contributed by atoms with Gasteiger partial charge < -0.3 is 4.74 Å². The van der Waals surface area contributed by atoms with Gasteiger partial charge in [-0.3, -0.25) is 9.78 Å². The fourth-order valence-electron chi connectivity index (χ4n) is 1.46. The molecule has 0 saturated carbocycles. The standard InChI is InChI=1S/C12H9ClINO2/c1-7(16)6-17-12-10(14)5-9(13)8-3-2-4-15-11(8)12/h2-5H,6H2,1H3. The molecule has 0 atom stereocenters. The lowest BCUT2D eigenvalue weighted by molar-refractivity contribution is -0.118. The first kappa shape index (κ1) is 12.6. The quantitative estimate of drug-likeness (QED) is 0.786. The van der Waals surface area contributed by atoms with Gasteiger partial charge in [0.15, 0.2) is 11.5 Å². The van der Waals surface area contributed by atoms with Crippen molar-refractivity contribution in [2.45, 2.75) is 6.92 Å². The molecule has 0 saturated heterocycles. The topological polar surface area (TPSA) is 39.2 Å². The molecule has 5 heteroatoms. The van der Waals surface area contributed by atoms with Gasteiger partial charge in [-0.05, 0) is 47.7 Å². The first-order valence-corrected chi connectivity index (χ1v) is 6.40. The zero-order valence-corrected chi connectivity index (χ0v) is 11.9. The summed E-state index contributed by atoms with van der Waals surface area (Å²) < 4.78 is 6.34. The second-order valence-electron chi connectivity index (χ2n) is 3.56. The maximum Gasteiger partial charge on any atom is 0.167 e. The third kappa shape index (κ3) is 2.69. The highest BCUT2D eigenvalue weighted by molar-refractivity contribution is 14.1. The number of ether oxygens (including phenoxy) is 1. The number of fused-ring (bicyclic) bond motifs is 1. The van der Waals surface area contributed by atoms with Crippen molar-refractivity contribution in [3.8, 4) is 5.75 Å². The predicted octanol–water partition coefficient (Wildman–Crippen LogP) is 3.46. The van der Waals surface area contributed by atoms with E-state index in [0.717, 1.165) is 8.96 Å². The normalized spacial score (nSPS) is 10.5. The first-order valence-electron chi connectivity index (χ1n) is 4.94. The molecule has 0 radical (unpaired) electrons. The summed E-state index contributed by atoms with van der Waals surface area (Å²) in [5.74, 6) is 0.584. The van der Waals surface area contributed by atoms with E-state index < -0.39 is 0 Å². The third-order valence-corrected chi connectivity index (χ3v) is 3.28. The Hall–Kier alpha value is -0.880. The second kappa shape index (κ2) is 5.18. The number of Topliss-reactive ketones (excluding diaryl/α,β-unsaturated/α-hetero) is 1. The average Bonchev–Trinajstić information content (AvgIpc) is 2.28. The molecule has 1 aromatic heterocycles. The number of carbonyl (C=O) groups excluding carboxylic acids is 1. The van der Waals surface area contributed by atoms with Crippen LogP contribution < -0.4 is 4.74 Å². The summed E-state index contributed by atoms with van der Waals surface area (Å²) in [5, 5.41) is 1.46. The lowest BCUT2D eigenvalue weighted by Crippen LogP contribution is -2.08. The SMILES string of the molecule is CC(=O)COc1c(I)cc(Cl)c2cccnc12. The van der Waals surface area contributed by atoms with Gasteiger partial charge in [-0.1, -0.05) is 11.6 Å². The van der Waals surface area contributed by atoms with Gasteiger partial charge >= 0.3 is 0 Å². The van der Waals surface area contributed by atoms with Crippen molar-refractivity contribution in [2.75, 3.05) is 6.61 Å². The summed E-state index contributed by atoms with van der Waals surface area (Å²) in [5.41, 5.74) is 0.686. The Bertz CT molecular complexity index is 586. The molecule has 0 unspecified atom stereocenters. The third-order valence-electron chi connectivity index (χ3n) is 2.17. The molecule has 0 aliphatic heterocycles. The lowest BCUT2D eigenvalue weighted by atomic mass is 10.2. The Labute approximate surface area is 117 Å². The summed E-state index contributed by atoms with van der Waals surface area (Å²) in [6.45, 7) is 1.53. The van der Waals surface area contributed by atoms with Gasteiger partial charge in [0.25, 0.3) is 0 Å². The smallest absolute Gasteiger partial charge is 0.167 e. The van der Waals surface area contributed by atoms with Crippen LogP contribution in [0.3, 0.4) is 0 Å². The van der Waals surface area contributed by atoms with E-state index >= 15 is 0 Å². The van der Waals surface area contributed by atoms with Crippen LogP contribution in [-0.2, 0) is 4.79 Å². The Balaban J connectivity index is 2.57. The highest BCUT2D eigenvalue weighted by atomic mass is 127. The number of halogens is 2. The zero-order valence-electron chi connectivity index (χ0n) is 9.04. The fourth-order valence-corrected chi connectivity index (χ4v) is 2.63. The van der Waals surface area contributed by atoms with Crippen LogP contribution in [0.25, 0.3) is 10.9 Å². The van der Waals surface area contributed by atoms with Crippen LogP contribution in [0.5, 0.6) is 5.75 Å². The van der Waals surface area contributed by atoms with E-state index in [1.54, 1.807) is 6.20 Å². The molecule has 3 nitrogen and oxygen atoms in total. The van der Waals surface area contributed by atoms with Gasteiger partial charge in [0.2, 0.25) is 0 Å². The maximum absolute atomic E-state index is 11.0. The monoisotopic (exact) mass is 361 g/mol. The molecular formula is C12H9ClINO2. The van der Waals surface area contributed by atoms with Crippen LogP contribution >= 0.6 is 34.2 Å². The van der Waals surface area contributed by atoms with Gasteiger partial charge in [-0.15, -0.1) is 0 Å². The molecule has 0 bridgehead atoms. The zero-order chi connectivity index (χ0) is 12.4. The van der Waals surface area contributed by atoms with E-state index in [4.69, 9.17) is 16.3 Å². The summed E-state index contributed by atoms with van der Waals surface area (Å²) in [6, 6.07) is 5.50. The van der Waals surface area contributed by atoms with Crippen molar-refractivity contribution in [1.29, 1.82) is 0 Å². The minimum absolute atomic E-state index is 0.0279. The van der Waals surface area contributed by atoms with Crippen LogP contribution in [0.1, 0.15) is 6.92 Å². The molecule has 88 valence electrons. The first-order chi connectivity index (χ1) is 8.09.